The first-order chi connectivity index (χ1) is 7.65. The molecule has 0 bridgehead atoms. The van der Waals surface area contributed by atoms with E-state index < -0.39 is 0 Å². The fourth-order valence-corrected chi connectivity index (χ4v) is 2.60. The van der Waals surface area contributed by atoms with Gasteiger partial charge < -0.3 is 15.6 Å². The van der Waals surface area contributed by atoms with Gasteiger partial charge in [-0.05, 0) is 41.4 Å². The molecule has 0 spiro atoms. The zero-order valence-corrected chi connectivity index (χ0v) is 11.3. The summed E-state index contributed by atoms with van der Waals surface area (Å²) in [4.78, 5) is 20.3. The Balaban J connectivity index is 2.28. The number of hydrogen-bond donors (Lipinski definition) is 2. The summed E-state index contributed by atoms with van der Waals surface area (Å²) in [5.74, 6) is 1.39. The molecule has 0 radical (unpaired) electrons. The molecule has 0 aliphatic heterocycles. The summed E-state index contributed by atoms with van der Waals surface area (Å²) in [7, 11) is 1.96. The highest BCUT2D eigenvalue weighted by Gasteiger charge is 2.34. The van der Waals surface area contributed by atoms with Crippen LogP contribution in [0.1, 0.15) is 12.8 Å². The number of H-pyrrole nitrogens is 1. The fraction of sp³-hybridized carbons (Fsp3) is 0.600. The summed E-state index contributed by atoms with van der Waals surface area (Å²) in [6, 6.07) is 0.294. The van der Waals surface area contributed by atoms with Gasteiger partial charge in [-0.2, -0.15) is 0 Å². The maximum Gasteiger partial charge on any atom is 0.266 e. The molecule has 1 fully saturated rings. The molecule has 1 saturated carbocycles. The van der Waals surface area contributed by atoms with Gasteiger partial charge in [-0.1, -0.05) is 0 Å². The van der Waals surface area contributed by atoms with E-state index in [4.69, 9.17) is 5.73 Å². The van der Waals surface area contributed by atoms with Crippen molar-refractivity contribution in [3.63, 3.8) is 0 Å². The molecule has 3 N–H and O–H groups in total. The Morgan fingerprint density at radius 2 is 2.44 bits per heavy atom. The molecule has 0 amide bonds. The van der Waals surface area contributed by atoms with Crippen molar-refractivity contribution in [3.8, 4) is 0 Å². The van der Waals surface area contributed by atoms with E-state index in [1.165, 1.54) is 19.2 Å². The van der Waals surface area contributed by atoms with Gasteiger partial charge in [0.15, 0.2) is 0 Å². The van der Waals surface area contributed by atoms with Crippen LogP contribution in [0.25, 0.3) is 0 Å². The molecule has 1 aliphatic rings. The zero-order chi connectivity index (χ0) is 11.7. The second-order valence-electron chi connectivity index (χ2n) is 4.12. The van der Waals surface area contributed by atoms with Crippen molar-refractivity contribution >= 4 is 28.4 Å². The molecule has 1 atom stereocenters. The molecule has 88 valence electrons. The van der Waals surface area contributed by atoms with Gasteiger partial charge in [0.1, 0.15) is 9.39 Å². The molecule has 1 aromatic heterocycles. The van der Waals surface area contributed by atoms with Gasteiger partial charge in [-0.15, -0.1) is 0 Å². The Labute approximate surface area is 108 Å². The monoisotopic (exact) mass is 334 g/mol. The number of nitrogens with zero attached hydrogens (tertiary/aromatic N) is 2. The topological polar surface area (TPSA) is 75.0 Å². The van der Waals surface area contributed by atoms with E-state index in [-0.39, 0.29) is 5.56 Å². The Kier molecular flexibility index (Phi) is 3.48. The van der Waals surface area contributed by atoms with Crippen molar-refractivity contribution < 1.29 is 0 Å². The average Bonchev–Trinajstić information content (AvgIpc) is 3.07. The van der Waals surface area contributed by atoms with Crippen LogP contribution in [0.15, 0.2) is 11.1 Å². The highest BCUT2D eigenvalue weighted by Crippen LogP contribution is 2.36. The zero-order valence-electron chi connectivity index (χ0n) is 9.11. The molecule has 1 heterocycles. The molecule has 16 heavy (non-hydrogen) atoms. The van der Waals surface area contributed by atoms with E-state index in [9.17, 15) is 4.79 Å². The molecule has 0 aromatic carbocycles. The minimum atomic E-state index is -0.0935. The molecule has 1 aromatic rings. The van der Waals surface area contributed by atoms with E-state index in [0.29, 0.717) is 22.1 Å². The Morgan fingerprint density at radius 3 is 3.00 bits per heavy atom. The molecule has 0 saturated heterocycles. The Bertz CT molecular complexity index is 429. The predicted octanol–water partition coefficient (Wildman–Crippen LogP) is 0.548. The summed E-state index contributed by atoms with van der Waals surface area (Å²) in [6.45, 7) is 0.603. The number of nitrogens with two attached hydrogens (primary N) is 1. The summed E-state index contributed by atoms with van der Waals surface area (Å²) < 4.78 is 0.627. The smallest absolute Gasteiger partial charge is 0.266 e. The summed E-state index contributed by atoms with van der Waals surface area (Å²) in [6.07, 6.45) is 3.90. The van der Waals surface area contributed by atoms with Gasteiger partial charge in [-0.25, -0.2) is 4.98 Å². The van der Waals surface area contributed by atoms with Gasteiger partial charge >= 0.3 is 0 Å². The normalized spacial score (nSPS) is 17.2. The minimum Gasteiger partial charge on any atom is -0.354 e. The van der Waals surface area contributed by atoms with Gasteiger partial charge in [0.25, 0.3) is 5.56 Å². The van der Waals surface area contributed by atoms with Gasteiger partial charge in [0, 0.05) is 19.6 Å². The van der Waals surface area contributed by atoms with E-state index in [1.807, 2.05) is 34.5 Å². The fourth-order valence-electron chi connectivity index (χ4n) is 1.92. The number of anilines is 1. The quantitative estimate of drug-likeness (QED) is 0.789. The summed E-state index contributed by atoms with van der Waals surface area (Å²) in [5.41, 5.74) is 5.69. The summed E-state index contributed by atoms with van der Waals surface area (Å²) in [5, 5.41) is 0. The third-order valence-electron chi connectivity index (χ3n) is 3.02. The molecule has 6 heteroatoms. The lowest BCUT2D eigenvalue weighted by Crippen LogP contribution is -2.41. The van der Waals surface area contributed by atoms with Crippen LogP contribution in [-0.2, 0) is 0 Å². The highest BCUT2D eigenvalue weighted by atomic mass is 127. The molecule has 1 unspecified atom stereocenters. The van der Waals surface area contributed by atoms with Crippen LogP contribution in [0.4, 0.5) is 5.82 Å². The molecular weight excluding hydrogens is 319 g/mol. The van der Waals surface area contributed by atoms with Crippen LogP contribution >= 0.6 is 22.6 Å². The average molecular weight is 334 g/mol. The number of aromatic amines is 1. The van der Waals surface area contributed by atoms with Crippen LogP contribution < -0.4 is 16.2 Å². The first-order valence-corrected chi connectivity index (χ1v) is 6.39. The molecule has 2 rings (SSSR count). The number of halogens is 1. The number of likely N-dealkylation sites (N-methyl/N-ethyl adjacent to an activating group) is 1. The van der Waals surface area contributed by atoms with Crippen molar-refractivity contribution in [1.29, 1.82) is 0 Å². The molecular formula is C10H15IN4O. The largest absolute Gasteiger partial charge is 0.354 e. The van der Waals surface area contributed by atoms with Crippen molar-refractivity contribution in [2.24, 2.45) is 11.7 Å². The number of hydrogen-bond acceptors (Lipinski definition) is 4. The summed E-state index contributed by atoms with van der Waals surface area (Å²) >= 11 is 2.02. The lowest BCUT2D eigenvalue weighted by molar-refractivity contribution is 0.564. The third kappa shape index (κ3) is 2.22. The Hall–Kier alpha value is -0.630. The first kappa shape index (κ1) is 11.8. The van der Waals surface area contributed by atoms with E-state index in [2.05, 4.69) is 9.97 Å². The SMILES string of the molecule is CN(c1nc[nH]c(=O)c1I)C(CN)C1CC1. The lowest BCUT2D eigenvalue weighted by Gasteiger charge is -2.28. The van der Waals surface area contributed by atoms with Crippen LogP contribution in [-0.4, -0.2) is 29.6 Å². The van der Waals surface area contributed by atoms with Crippen LogP contribution in [0.3, 0.4) is 0 Å². The second kappa shape index (κ2) is 4.70. The van der Waals surface area contributed by atoms with Crippen LogP contribution in [0, 0.1) is 9.49 Å². The Morgan fingerprint density at radius 1 is 1.75 bits per heavy atom. The van der Waals surface area contributed by atoms with Gasteiger partial charge in [-0.3, -0.25) is 4.79 Å². The van der Waals surface area contributed by atoms with E-state index >= 15 is 0 Å². The number of rotatable bonds is 4. The van der Waals surface area contributed by atoms with E-state index in [0.717, 1.165) is 5.82 Å². The predicted molar refractivity (Wildman–Crippen MR) is 71.5 cm³/mol. The molecule has 1 aliphatic carbocycles. The minimum absolute atomic E-state index is 0.0935. The van der Waals surface area contributed by atoms with Gasteiger partial charge in [0.05, 0.1) is 6.33 Å². The van der Waals surface area contributed by atoms with Crippen molar-refractivity contribution in [2.75, 3.05) is 18.5 Å². The first-order valence-electron chi connectivity index (χ1n) is 5.31. The lowest BCUT2D eigenvalue weighted by atomic mass is 10.1. The standard InChI is InChI=1S/C10H15IN4O/c1-15(7(4-12)6-2-3-6)9-8(11)10(16)14-5-13-9/h5-7H,2-4,12H2,1H3,(H,13,14,16). The maximum atomic E-state index is 11.5. The molecule has 5 nitrogen and oxygen atoms in total. The van der Waals surface area contributed by atoms with Gasteiger partial charge in [0.2, 0.25) is 0 Å². The van der Waals surface area contributed by atoms with Crippen molar-refractivity contribution in [2.45, 2.75) is 18.9 Å². The van der Waals surface area contributed by atoms with Crippen LogP contribution in [0.2, 0.25) is 0 Å². The third-order valence-corrected chi connectivity index (χ3v) is 3.99. The second-order valence-corrected chi connectivity index (χ2v) is 5.20. The van der Waals surface area contributed by atoms with Crippen molar-refractivity contribution in [3.05, 3.63) is 20.3 Å². The number of nitrogens with one attached hydrogen (secondary N) is 1. The highest BCUT2D eigenvalue weighted by molar-refractivity contribution is 14.1. The van der Waals surface area contributed by atoms with Crippen molar-refractivity contribution in [1.82, 2.24) is 9.97 Å². The van der Waals surface area contributed by atoms with E-state index in [1.54, 1.807) is 0 Å². The number of aromatic nitrogens is 2. The maximum absolute atomic E-state index is 11.5. The van der Waals surface area contributed by atoms with Crippen LogP contribution in [0.5, 0.6) is 0 Å².